The van der Waals surface area contributed by atoms with Crippen molar-refractivity contribution < 1.29 is 17.6 Å². The third-order valence-electron chi connectivity index (χ3n) is 5.50. The minimum Gasteiger partial charge on any atom is -0.403 e. The quantitative estimate of drug-likeness (QED) is 0.625. The van der Waals surface area contributed by atoms with Crippen LogP contribution < -0.4 is 5.32 Å². The molecule has 32 heavy (non-hydrogen) atoms. The van der Waals surface area contributed by atoms with E-state index < -0.39 is 15.9 Å². The van der Waals surface area contributed by atoms with Crippen LogP contribution in [0.1, 0.15) is 36.2 Å². The fourth-order valence-electron chi connectivity index (χ4n) is 4.07. The summed E-state index contributed by atoms with van der Waals surface area (Å²) in [4.78, 5) is 12.7. The highest BCUT2D eigenvalue weighted by Crippen LogP contribution is 2.27. The van der Waals surface area contributed by atoms with Gasteiger partial charge in [-0.25, -0.2) is 8.42 Å². The first-order valence-electron chi connectivity index (χ1n) is 10.5. The minimum absolute atomic E-state index is 0.0282. The molecule has 8 nitrogen and oxygen atoms in total. The van der Waals surface area contributed by atoms with Gasteiger partial charge in [-0.15, -0.1) is 5.10 Å². The summed E-state index contributed by atoms with van der Waals surface area (Å²) in [5, 5.41) is 10.4. The van der Waals surface area contributed by atoms with Crippen molar-refractivity contribution in [2.75, 3.05) is 18.4 Å². The fraction of sp³-hybridized carbons (Fsp3) is 0.348. The Morgan fingerprint density at radius 1 is 1.06 bits per heavy atom. The third-order valence-corrected chi connectivity index (χ3v) is 7.35. The van der Waals surface area contributed by atoms with E-state index >= 15 is 0 Å². The molecule has 3 aromatic rings. The van der Waals surface area contributed by atoms with Crippen molar-refractivity contribution in [1.29, 1.82) is 0 Å². The zero-order valence-electron chi connectivity index (χ0n) is 18.3. The Hall–Kier alpha value is -3.04. The molecule has 168 valence electrons. The average Bonchev–Trinajstić information content (AvgIpc) is 3.21. The molecule has 1 aliphatic heterocycles. The van der Waals surface area contributed by atoms with Crippen LogP contribution in [0.15, 0.2) is 57.8 Å². The summed E-state index contributed by atoms with van der Waals surface area (Å²) in [7, 11) is -3.60. The smallest absolute Gasteiger partial charge is 0.322 e. The average molecular weight is 455 g/mol. The van der Waals surface area contributed by atoms with Crippen molar-refractivity contribution in [2.24, 2.45) is 11.8 Å². The molecule has 9 heteroatoms. The Balaban J connectivity index is 1.46. The van der Waals surface area contributed by atoms with Gasteiger partial charge in [-0.05, 0) is 61.6 Å². The maximum absolute atomic E-state index is 13.0. The zero-order valence-corrected chi connectivity index (χ0v) is 19.1. The first kappa shape index (κ1) is 22.2. The number of hydrogen-bond acceptors (Lipinski definition) is 6. The molecular weight excluding hydrogens is 428 g/mol. The van der Waals surface area contributed by atoms with Crippen LogP contribution in [-0.4, -0.2) is 41.9 Å². The second kappa shape index (κ2) is 8.84. The Bertz CT molecular complexity index is 1210. The Kier molecular flexibility index (Phi) is 6.12. The van der Waals surface area contributed by atoms with Gasteiger partial charge in [0, 0.05) is 24.2 Å². The van der Waals surface area contributed by atoms with E-state index in [0.717, 1.165) is 17.5 Å². The number of amides is 1. The molecule has 1 aromatic heterocycles. The highest BCUT2D eigenvalue weighted by atomic mass is 32.2. The van der Waals surface area contributed by atoms with Gasteiger partial charge in [-0.1, -0.05) is 36.6 Å². The number of rotatable bonds is 5. The lowest BCUT2D eigenvalue weighted by molar-refractivity contribution is 0.102. The van der Waals surface area contributed by atoms with Crippen LogP contribution in [0.4, 0.5) is 6.01 Å². The molecule has 1 N–H and O–H groups in total. The van der Waals surface area contributed by atoms with Crippen molar-refractivity contribution in [3.8, 4) is 11.5 Å². The third kappa shape index (κ3) is 4.73. The number of benzene rings is 2. The van der Waals surface area contributed by atoms with Crippen LogP contribution in [0, 0.1) is 18.8 Å². The molecule has 1 fully saturated rings. The van der Waals surface area contributed by atoms with Crippen molar-refractivity contribution in [2.45, 2.75) is 32.1 Å². The normalized spacial score (nSPS) is 19.6. The minimum atomic E-state index is -3.60. The van der Waals surface area contributed by atoms with Crippen LogP contribution in [0.2, 0.25) is 0 Å². The summed E-state index contributed by atoms with van der Waals surface area (Å²) in [6, 6.07) is 13.4. The van der Waals surface area contributed by atoms with Gasteiger partial charge in [0.25, 0.3) is 5.91 Å². The lowest BCUT2D eigenvalue weighted by atomic mass is 9.94. The van der Waals surface area contributed by atoms with Crippen molar-refractivity contribution >= 4 is 21.9 Å². The van der Waals surface area contributed by atoms with E-state index in [0.29, 0.717) is 36.4 Å². The van der Waals surface area contributed by atoms with Crippen LogP contribution in [0.3, 0.4) is 0 Å². The molecule has 1 amide bonds. The number of carbonyl (C=O) groups is 1. The van der Waals surface area contributed by atoms with Crippen LogP contribution in [0.25, 0.3) is 11.5 Å². The molecule has 0 radical (unpaired) electrons. The van der Waals surface area contributed by atoms with Crippen LogP contribution in [0.5, 0.6) is 0 Å². The Morgan fingerprint density at radius 2 is 1.75 bits per heavy atom. The van der Waals surface area contributed by atoms with E-state index in [1.165, 1.54) is 28.6 Å². The number of anilines is 1. The molecule has 1 saturated heterocycles. The second-order valence-electron chi connectivity index (χ2n) is 8.53. The Morgan fingerprint density at radius 3 is 2.41 bits per heavy atom. The molecule has 2 aromatic carbocycles. The number of piperidine rings is 1. The number of nitrogens with zero attached hydrogens (tertiary/aromatic N) is 3. The highest BCUT2D eigenvalue weighted by Gasteiger charge is 2.31. The number of sulfonamides is 1. The first-order valence-corrected chi connectivity index (χ1v) is 12.0. The predicted octanol–water partition coefficient (Wildman–Crippen LogP) is 3.96. The topological polar surface area (TPSA) is 105 Å². The lowest BCUT2D eigenvalue weighted by Crippen LogP contribution is -2.42. The molecule has 2 heterocycles. The molecule has 0 bridgehead atoms. The number of aryl methyl sites for hydroxylation is 1. The maximum Gasteiger partial charge on any atom is 0.322 e. The van der Waals surface area contributed by atoms with Gasteiger partial charge in [0.05, 0.1) is 4.90 Å². The second-order valence-corrected chi connectivity index (χ2v) is 10.5. The van der Waals surface area contributed by atoms with E-state index in [4.69, 9.17) is 4.42 Å². The maximum atomic E-state index is 13.0. The lowest BCUT2D eigenvalue weighted by Gasteiger charge is -2.34. The van der Waals surface area contributed by atoms with Gasteiger partial charge in [-0.3, -0.25) is 10.1 Å². The van der Waals surface area contributed by atoms with Crippen LogP contribution >= 0.6 is 0 Å². The molecule has 1 aliphatic rings. The number of nitrogens with one attached hydrogen (secondary N) is 1. The fourth-order valence-corrected chi connectivity index (χ4v) is 5.75. The van der Waals surface area contributed by atoms with Gasteiger partial charge in [0.1, 0.15) is 0 Å². The number of hydrogen-bond donors (Lipinski definition) is 1. The summed E-state index contributed by atoms with van der Waals surface area (Å²) in [5.41, 5.74) is 2.10. The number of aromatic nitrogens is 2. The molecule has 4 rings (SSSR count). The van der Waals surface area contributed by atoms with Gasteiger partial charge in [-0.2, -0.15) is 4.31 Å². The molecule has 0 aliphatic carbocycles. The zero-order chi connectivity index (χ0) is 22.9. The SMILES string of the molecule is Cc1cccc(-c2nnc(NC(=O)c3ccc(S(=O)(=O)N4CC(C)CC(C)C4)cc3)o2)c1. The van der Waals surface area contributed by atoms with E-state index in [-0.39, 0.29) is 10.9 Å². The van der Waals surface area contributed by atoms with Crippen molar-refractivity contribution in [3.63, 3.8) is 0 Å². The van der Waals surface area contributed by atoms with E-state index in [1.807, 2.05) is 31.2 Å². The first-order chi connectivity index (χ1) is 15.2. The van der Waals surface area contributed by atoms with Crippen molar-refractivity contribution in [1.82, 2.24) is 14.5 Å². The predicted molar refractivity (Wildman–Crippen MR) is 121 cm³/mol. The summed E-state index contributed by atoms with van der Waals surface area (Å²) in [5.74, 6) is 0.472. The molecule has 0 saturated carbocycles. The Labute approximate surface area is 187 Å². The standard InChI is InChI=1S/C23H26N4O4S/c1-15-5-4-6-19(12-15)22-25-26-23(31-22)24-21(28)18-7-9-20(10-8-18)32(29,30)27-13-16(2)11-17(3)14-27/h4-10,12,16-17H,11,13-14H2,1-3H3,(H,24,26,28). The molecule has 2 atom stereocenters. The van der Waals surface area contributed by atoms with Crippen molar-refractivity contribution in [3.05, 3.63) is 59.7 Å². The van der Waals surface area contributed by atoms with E-state index in [2.05, 4.69) is 29.4 Å². The van der Waals surface area contributed by atoms with E-state index in [1.54, 1.807) is 0 Å². The number of carbonyl (C=O) groups excluding carboxylic acids is 1. The molecule has 0 spiro atoms. The highest BCUT2D eigenvalue weighted by molar-refractivity contribution is 7.89. The van der Waals surface area contributed by atoms with Gasteiger partial charge >= 0.3 is 6.01 Å². The monoisotopic (exact) mass is 454 g/mol. The summed E-state index contributed by atoms with van der Waals surface area (Å²) in [6.07, 6.45) is 1.02. The summed E-state index contributed by atoms with van der Waals surface area (Å²) in [6.45, 7) is 7.10. The largest absolute Gasteiger partial charge is 0.403 e. The molecular formula is C23H26N4O4S. The van der Waals surface area contributed by atoms with Gasteiger partial charge in [0.2, 0.25) is 15.9 Å². The summed E-state index contributed by atoms with van der Waals surface area (Å²) < 4.78 is 33.1. The van der Waals surface area contributed by atoms with E-state index in [9.17, 15) is 13.2 Å². The summed E-state index contributed by atoms with van der Waals surface area (Å²) >= 11 is 0. The van der Waals surface area contributed by atoms with Crippen LogP contribution in [-0.2, 0) is 10.0 Å². The van der Waals surface area contributed by atoms with Gasteiger partial charge in [0.15, 0.2) is 0 Å². The molecule has 2 unspecified atom stereocenters. The van der Waals surface area contributed by atoms with Gasteiger partial charge < -0.3 is 4.42 Å².